The van der Waals surface area contributed by atoms with Gasteiger partial charge in [-0.3, -0.25) is 9.69 Å². The van der Waals surface area contributed by atoms with E-state index in [-0.39, 0.29) is 0 Å². The zero-order valence-electron chi connectivity index (χ0n) is 17.6. The third-order valence-electron chi connectivity index (χ3n) is 5.74. The largest absolute Gasteiger partial charge is 0.496 e. The lowest BCUT2D eigenvalue weighted by Crippen LogP contribution is -2.48. The summed E-state index contributed by atoms with van der Waals surface area (Å²) < 4.78 is 5.44. The van der Waals surface area contributed by atoms with Gasteiger partial charge in [-0.2, -0.15) is 0 Å². The van der Waals surface area contributed by atoms with Gasteiger partial charge in [-0.05, 0) is 18.4 Å². The number of nitrogens with zero attached hydrogens (tertiary/aromatic N) is 2. The molecule has 2 fully saturated rings. The number of rotatable bonds is 6. The van der Waals surface area contributed by atoms with Crippen LogP contribution in [0.2, 0.25) is 0 Å². The predicted molar refractivity (Wildman–Crippen MR) is 111 cm³/mol. The molecule has 1 aromatic carbocycles. The number of ether oxygens (including phenoxy) is 1. The van der Waals surface area contributed by atoms with E-state index in [2.05, 4.69) is 21.9 Å². The van der Waals surface area contributed by atoms with Gasteiger partial charge in [0.2, 0.25) is 5.91 Å². The maximum absolute atomic E-state index is 12.4. The van der Waals surface area contributed by atoms with Gasteiger partial charge in [0.1, 0.15) is 5.75 Å². The quantitative estimate of drug-likeness (QED) is 0.681. The van der Waals surface area contributed by atoms with E-state index >= 15 is 0 Å². The van der Waals surface area contributed by atoms with E-state index in [0.717, 1.165) is 57.2 Å². The molecule has 1 saturated heterocycles. The predicted octanol–water partition coefficient (Wildman–Crippen LogP) is 2.47. The second-order valence-electron chi connectivity index (χ2n) is 7.77. The number of carboxylic acid groups (broad SMARTS) is 2. The summed E-state index contributed by atoms with van der Waals surface area (Å²) in [4.78, 5) is 35.1. The Labute approximate surface area is 177 Å². The minimum atomic E-state index is -1.82. The third-order valence-corrected chi connectivity index (χ3v) is 5.74. The number of hydrogen-bond donors (Lipinski definition) is 2. The highest BCUT2D eigenvalue weighted by Crippen LogP contribution is 2.28. The van der Waals surface area contributed by atoms with Crippen LogP contribution in [-0.2, 0) is 20.9 Å². The molecular formula is C22H32N2O6. The lowest BCUT2D eigenvalue weighted by Gasteiger charge is -2.35. The molecule has 1 aliphatic heterocycles. The minimum absolute atomic E-state index is 0.360. The van der Waals surface area contributed by atoms with Gasteiger partial charge >= 0.3 is 11.9 Å². The standard InChI is InChI=1S/C20H30N2O2.C2H2O4/c1-24-19-9-5-4-8-18(19)16-21-12-14-22(15-13-21)20(23)11-10-17-6-2-3-7-17;3-1(4)2(5)6/h4-5,8-9,17H,2-3,6-7,10-16H2,1H3;(H,3,4)(H,5,6). The Kier molecular flexibility index (Phi) is 9.60. The normalized spacial score (nSPS) is 17.2. The monoisotopic (exact) mass is 420 g/mol. The SMILES string of the molecule is COc1ccccc1CN1CCN(C(=O)CCC2CCCC2)CC1.O=C(O)C(=O)O. The van der Waals surface area contributed by atoms with E-state index in [1.807, 2.05) is 12.1 Å². The van der Waals surface area contributed by atoms with Crippen molar-refractivity contribution in [2.75, 3.05) is 33.3 Å². The summed E-state index contributed by atoms with van der Waals surface area (Å²) in [6.45, 7) is 4.52. The summed E-state index contributed by atoms with van der Waals surface area (Å²) in [7, 11) is 1.72. The van der Waals surface area contributed by atoms with Crippen LogP contribution in [0.3, 0.4) is 0 Å². The summed E-state index contributed by atoms with van der Waals surface area (Å²) in [6.07, 6.45) is 7.23. The number of aliphatic carboxylic acids is 2. The van der Waals surface area contributed by atoms with Crippen molar-refractivity contribution in [1.82, 2.24) is 9.80 Å². The Morgan fingerprint density at radius 3 is 2.17 bits per heavy atom. The molecule has 0 unspecified atom stereocenters. The third kappa shape index (κ3) is 7.67. The molecule has 166 valence electrons. The first-order valence-electron chi connectivity index (χ1n) is 10.5. The van der Waals surface area contributed by atoms with Crippen LogP contribution >= 0.6 is 0 Å². The first-order chi connectivity index (χ1) is 14.4. The molecule has 8 nitrogen and oxygen atoms in total. The number of carbonyl (C=O) groups is 3. The molecule has 1 saturated carbocycles. The number of amides is 1. The number of carbonyl (C=O) groups excluding carboxylic acids is 1. The van der Waals surface area contributed by atoms with Gasteiger partial charge in [0.25, 0.3) is 0 Å². The number of carboxylic acids is 2. The van der Waals surface area contributed by atoms with Gasteiger partial charge < -0.3 is 19.8 Å². The van der Waals surface area contributed by atoms with Crippen molar-refractivity contribution in [3.63, 3.8) is 0 Å². The first-order valence-corrected chi connectivity index (χ1v) is 10.5. The summed E-state index contributed by atoms with van der Waals surface area (Å²) >= 11 is 0. The molecule has 1 aromatic rings. The molecule has 2 N–H and O–H groups in total. The zero-order chi connectivity index (χ0) is 21.9. The van der Waals surface area contributed by atoms with Crippen LogP contribution in [-0.4, -0.2) is 71.1 Å². The maximum atomic E-state index is 12.4. The molecule has 0 radical (unpaired) electrons. The number of benzene rings is 1. The van der Waals surface area contributed by atoms with Crippen LogP contribution in [0.15, 0.2) is 24.3 Å². The van der Waals surface area contributed by atoms with Crippen molar-refractivity contribution < 1.29 is 29.3 Å². The molecule has 0 spiro atoms. The number of hydrogen-bond acceptors (Lipinski definition) is 5. The highest BCUT2D eigenvalue weighted by Gasteiger charge is 2.23. The van der Waals surface area contributed by atoms with E-state index in [1.165, 1.54) is 31.2 Å². The molecule has 30 heavy (non-hydrogen) atoms. The number of methoxy groups -OCH3 is 1. The highest BCUT2D eigenvalue weighted by molar-refractivity contribution is 6.27. The lowest BCUT2D eigenvalue weighted by atomic mass is 10.0. The van der Waals surface area contributed by atoms with Crippen molar-refractivity contribution in [2.45, 2.75) is 45.1 Å². The molecule has 2 aliphatic rings. The van der Waals surface area contributed by atoms with Gasteiger partial charge in [0.15, 0.2) is 0 Å². The van der Waals surface area contributed by atoms with Crippen LogP contribution in [0, 0.1) is 5.92 Å². The number of para-hydroxylation sites is 1. The van der Waals surface area contributed by atoms with E-state index in [0.29, 0.717) is 5.91 Å². The van der Waals surface area contributed by atoms with Gasteiger partial charge in [-0.1, -0.05) is 43.9 Å². The second kappa shape index (κ2) is 12.2. The van der Waals surface area contributed by atoms with E-state index < -0.39 is 11.9 Å². The minimum Gasteiger partial charge on any atom is -0.496 e. The second-order valence-corrected chi connectivity index (χ2v) is 7.77. The Hall–Kier alpha value is -2.61. The van der Waals surface area contributed by atoms with Crippen LogP contribution in [0.5, 0.6) is 5.75 Å². The van der Waals surface area contributed by atoms with Crippen molar-refractivity contribution in [2.24, 2.45) is 5.92 Å². The lowest BCUT2D eigenvalue weighted by molar-refractivity contribution is -0.159. The molecule has 1 aliphatic carbocycles. The molecular weight excluding hydrogens is 388 g/mol. The molecule has 0 atom stereocenters. The zero-order valence-corrected chi connectivity index (χ0v) is 17.6. The first kappa shape index (κ1) is 23.7. The average Bonchev–Trinajstić information content (AvgIpc) is 3.27. The van der Waals surface area contributed by atoms with Crippen LogP contribution in [0.25, 0.3) is 0 Å². The highest BCUT2D eigenvalue weighted by atomic mass is 16.5. The van der Waals surface area contributed by atoms with Crippen LogP contribution < -0.4 is 4.74 Å². The fourth-order valence-electron chi connectivity index (χ4n) is 4.01. The Morgan fingerprint density at radius 2 is 1.60 bits per heavy atom. The van der Waals surface area contributed by atoms with E-state index in [9.17, 15) is 4.79 Å². The Balaban J connectivity index is 0.000000469. The fraction of sp³-hybridized carbons (Fsp3) is 0.591. The summed E-state index contributed by atoms with van der Waals surface area (Å²) in [6, 6.07) is 8.19. The molecule has 1 heterocycles. The van der Waals surface area contributed by atoms with Crippen LogP contribution in [0.4, 0.5) is 0 Å². The van der Waals surface area contributed by atoms with Crippen molar-refractivity contribution >= 4 is 17.8 Å². The molecule has 0 aromatic heterocycles. The van der Waals surface area contributed by atoms with Crippen LogP contribution in [0.1, 0.15) is 44.1 Å². The van der Waals surface area contributed by atoms with Gasteiger partial charge in [-0.25, -0.2) is 9.59 Å². The topological polar surface area (TPSA) is 107 Å². The molecule has 3 rings (SSSR count). The molecule has 1 amide bonds. The van der Waals surface area contributed by atoms with Crippen molar-refractivity contribution in [3.05, 3.63) is 29.8 Å². The van der Waals surface area contributed by atoms with E-state index in [1.54, 1.807) is 7.11 Å². The molecule has 8 heteroatoms. The van der Waals surface area contributed by atoms with Gasteiger partial charge in [0, 0.05) is 44.7 Å². The summed E-state index contributed by atoms with van der Waals surface area (Å²) in [5.41, 5.74) is 1.22. The van der Waals surface area contributed by atoms with Gasteiger partial charge in [-0.15, -0.1) is 0 Å². The van der Waals surface area contributed by atoms with Crippen molar-refractivity contribution in [1.29, 1.82) is 0 Å². The molecule has 0 bridgehead atoms. The van der Waals surface area contributed by atoms with E-state index in [4.69, 9.17) is 24.5 Å². The Morgan fingerprint density at radius 1 is 1.00 bits per heavy atom. The fourth-order valence-corrected chi connectivity index (χ4v) is 4.01. The number of piperazine rings is 1. The smallest absolute Gasteiger partial charge is 0.414 e. The van der Waals surface area contributed by atoms with Crippen molar-refractivity contribution in [3.8, 4) is 5.75 Å². The summed E-state index contributed by atoms with van der Waals surface area (Å²) in [5.74, 6) is -1.53. The summed E-state index contributed by atoms with van der Waals surface area (Å²) in [5, 5.41) is 14.8. The average molecular weight is 421 g/mol. The van der Waals surface area contributed by atoms with Gasteiger partial charge in [0.05, 0.1) is 7.11 Å². The Bertz CT molecular complexity index is 697. The maximum Gasteiger partial charge on any atom is 0.414 e.